The number of likely N-dealkylation sites (N-methyl/N-ethyl adjacent to an activating group) is 1. The lowest BCUT2D eigenvalue weighted by Gasteiger charge is -2.36. The molecule has 1 fully saturated rings. The summed E-state index contributed by atoms with van der Waals surface area (Å²) in [7, 11) is 2.21. The van der Waals surface area contributed by atoms with Gasteiger partial charge in [-0.05, 0) is 31.0 Å². The zero-order valence-corrected chi connectivity index (χ0v) is 12.2. The maximum absolute atomic E-state index is 2.60. The van der Waals surface area contributed by atoms with E-state index in [1.165, 1.54) is 37.3 Å². The molecule has 1 aromatic carbocycles. The molecule has 0 bridgehead atoms. The van der Waals surface area contributed by atoms with Gasteiger partial charge in [-0.2, -0.15) is 0 Å². The second-order valence-corrected chi connectivity index (χ2v) is 5.84. The van der Waals surface area contributed by atoms with Gasteiger partial charge in [0.2, 0.25) is 0 Å². The van der Waals surface area contributed by atoms with Crippen LogP contribution in [0.4, 0.5) is 0 Å². The third-order valence-electron chi connectivity index (χ3n) is 4.15. The van der Waals surface area contributed by atoms with E-state index in [1.807, 2.05) is 0 Å². The smallest absolute Gasteiger partial charge is 0.0321 e. The summed E-state index contributed by atoms with van der Waals surface area (Å²) in [5.74, 6) is 0.615. The summed E-state index contributed by atoms with van der Waals surface area (Å²) >= 11 is 0. The van der Waals surface area contributed by atoms with E-state index < -0.39 is 0 Å². The molecule has 0 aliphatic carbocycles. The summed E-state index contributed by atoms with van der Waals surface area (Å²) in [6, 6.07) is 9.64. The molecular formula is C16H26N2. The molecule has 0 radical (unpaired) electrons. The van der Waals surface area contributed by atoms with Crippen molar-refractivity contribution in [1.82, 2.24) is 9.80 Å². The molecule has 2 heteroatoms. The molecule has 1 atom stereocenters. The summed E-state index contributed by atoms with van der Waals surface area (Å²) in [5.41, 5.74) is 2.92. The highest BCUT2D eigenvalue weighted by Crippen LogP contribution is 2.24. The average molecular weight is 246 g/mol. The number of hydrogen-bond donors (Lipinski definition) is 0. The van der Waals surface area contributed by atoms with Gasteiger partial charge in [-0.3, -0.25) is 4.90 Å². The first kappa shape index (κ1) is 13.6. The molecule has 2 nitrogen and oxygen atoms in total. The van der Waals surface area contributed by atoms with E-state index in [0.29, 0.717) is 12.0 Å². The van der Waals surface area contributed by atoms with Crippen molar-refractivity contribution < 1.29 is 0 Å². The van der Waals surface area contributed by atoms with Crippen LogP contribution >= 0.6 is 0 Å². The molecule has 1 heterocycles. The Morgan fingerprint density at radius 2 is 1.56 bits per heavy atom. The molecule has 1 aromatic rings. The van der Waals surface area contributed by atoms with Crippen LogP contribution in [0.2, 0.25) is 0 Å². The van der Waals surface area contributed by atoms with E-state index in [9.17, 15) is 0 Å². The van der Waals surface area contributed by atoms with E-state index in [4.69, 9.17) is 0 Å². The number of benzene rings is 1. The highest BCUT2D eigenvalue weighted by atomic mass is 15.3. The van der Waals surface area contributed by atoms with Gasteiger partial charge in [0.05, 0.1) is 0 Å². The Morgan fingerprint density at radius 1 is 0.944 bits per heavy atom. The first-order valence-corrected chi connectivity index (χ1v) is 7.10. The van der Waals surface area contributed by atoms with Crippen molar-refractivity contribution in [3.8, 4) is 0 Å². The van der Waals surface area contributed by atoms with Crippen molar-refractivity contribution in [2.75, 3.05) is 33.2 Å². The zero-order valence-electron chi connectivity index (χ0n) is 12.2. The van der Waals surface area contributed by atoms with Crippen LogP contribution in [0, 0.1) is 0 Å². The molecule has 1 aliphatic rings. The highest BCUT2D eigenvalue weighted by molar-refractivity contribution is 5.27. The Hall–Kier alpha value is -0.860. The van der Waals surface area contributed by atoms with Gasteiger partial charge in [0.25, 0.3) is 0 Å². The van der Waals surface area contributed by atoms with E-state index in [2.05, 4.69) is 61.9 Å². The zero-order chi connectivity index (χ0) is 13.1. The van der Waals surface area contributed by atoms with Gasteiger partial charge in [0.1, 0.15) is 0 Å². The predicted octanol–water partition coefficient (Wildman–Crippen LogP) is 3.12. The van der Waals surface area contributed by atoms with Crippen molar-refractivity contribution in [2.45, 2.75) is 32.7 Å². The van der Waals surface area contributed by atoms with E-state index in [0.717, 1.165) is 0 Å². The lowest BCUT2D eigenvalue weighted by molar-refractivity contribution is 0.119. The Kier molecular flexibility index (Phi) is 4.41. The average Bonchev–Trinajstić information content (AvgIpc) is 2.39. The highest BCUT2D eigenvalue weighted by Gasteiger charge is 2.20. The quantitative estimate of drug-likeness (QED) is 0.808. The van der Waals surface area contributed by atoms with Gasteiger partial charge in [-0.1, -0.05) is 38.1 Å². The molecule has 0 saturated carbocycles. The van der Waals surface area contributed by atoms with Crippen LogP contribution in [0.1, 0.15) is 43.9 Å². The molecule has 1 saturated heterocycles. The van der Waals surface area contributed by atoms with Crippen LogP contribution in [-0.2, 0) is 0 Å². The van der Waals surface area contributed by atoms with Crippen molar-refractivity contribution in [3.05, 3.63) is 35.4 Å². The standard InChI is InChI=1S/C16H26N2/c1-13(2)15-6-5-7-16(12-15)14(3)18-10-8-17(4)9-11-18/h5-7,12-14H,8-11H2,1-4H3/t14-/m0/s1. The molecule has 1 aliphatic heterocycles. The van der Waals surface area contributed by atoms with Gasteiger partial charge in [0.15, 0.2) is 0 Å². The first-order valence-electron chi connectivity index (χ1n) is 7.10. The SMILES string of the molecule is CC(C)c1cccc([C@H](C)N2CCN(C)CC2)c1. The minimum Gasteiger partial charge on any atom is -0.304 e. The van der Waals surface area contributed by atoms with Crippen LogP contribution in [0.15, 0.2) is 24.3 Å². The number of rotatable bonds is 3. The molecule has 0 aromatic heterocycles. The first-order chi connectivity index (χ1) is 8.58. The van der Waals surface area contributed by atoms with Crippen molar-refractivity contribution in [2.24, 2.45) is 0 Å². The normalized spacial score (nSPS) is 20.3. The van der Waals surface area contributed by atoms with Gasteiger partial charge in [-0.15, -0.1) is 0 Å². The van der Waals surface area contributed by atoms with Crippen LogP contribution < -0.4 is 0 Å². The summed E-state index contributed by atoms with van der Waals surface area (Å²) in [6.45, 7) is 11.6. The number of piperazine rings is 1. The molecule has 0 N–H and O–H groups in total. The summed E-state index contributed by atoms with van der Waals surface area (Å²) in [4.78, 5) is 5.01. The van der Waals surface area contributed by atoms with Crippen molar-refractivity contribution in [1.29, 1.82) is 0 Å². The minimum atomic E-state index is 0.539. The Bertz CT molecular complexity index is 378. The lowest BCUT2D eigenvalue weighted by atomic mass is 9.97. The van der Waals surface area contributed by atoms with Gasteiger partial charge < -0.3 is 4.90 Å². The minimum absolute atomic E-state index is 0.539. The molecular weight excluding hydrogens is 220 g/mol. The lowest BCUT2D eigenvalue weighted by Crippen LogP contribution is -2.45. The molecule has 18 heavy (non-hydrogen) atoms. The predicted molar refractivity (Wildman–Crippen MR) is 78.0 cm³/mol. The molecule has 0 spiro atoms. The maximum atomic E-state index is 2.60. The summed E-state index contributed by atoms with van der Waals surface area (Å²) in [6.07, 6.45) is 0. The van der Waals surface area contributed by atoms with Crippen LogP contribution in [-0.4, -0.2) is 43.0 Å². The van der Waals surface area contributed by atoms with E-state index >= 15 is 0 Å². The number of nitrogens with zero attached hydrogens (tertiary/aromatic N) is 2. The summed E-state index contributed by atoms with van der Waals surface area (Å²) < 4.78 is 0. The Balaban J connectivity index is 2.08. The maximum Gasteiger partial charge on any atom is 0.0321 e. The fraction of sp³-hybridized carbons (Fsp3) is 0.625. The topological polar surface area (TPSA) is 6.48 Å². The van der Waals surface area contributed by atoms with Crippen LogP contribution in [0.5, 0.6) is 0 Å². The van der Waals surface area contributed by atoms with E-state index in [1.54, 1.807) is 0 Å². The monoisotopic (exact) mass is 246 g/mol. The van der Waals surface area contributed by atoms with Crippen LogP contribution in [0.25, 0.3) is 0 Å². The largest absolute Gasteiger partial charge is 0.304 e. The van der Waals surface area contributed by atoms with Gasteiger partial charge in [-0.25, -0.2) is 0 Å². The van der Waals surface area contributed by atoms with E-state index in [-0.39, 0.29) is 0 Å². The van der Waals surface area contributed by atoms with Crippen molar-refractivity contribution >= 4 is 0 Å². The molecule has 2 rings (SSSR count). The second kappa shape index (κ2) is 5.85. The van der Waals surface area contributed by atoms with Gasteiger partial charge >= 0.3 is 0 Å². The number of hydrogen-bond acceptors (Lipinski definition) is 2. The fourth-order valence-electron chi connectivity index (χ4n) is 2.60. The third-order valence-corrected chi connectivity index (χ3v) is 4.15. The second-order valence-electron chi connectivity index (χ2n) is 5.84. The Labute approximate surface area is 112 Å². The molecule has 0 amide bonds. The van der Waals surface area contributed by atoms with Crippen LogP contribution in [0.3, 0.4) is 0 Å². The molecule has 0 unspecified atom stereocenters. The third kappa shape index (κ3) is 3.12. The summed E-state index contributed by atoms with van der Waals surface area (Å²) in [5, 5.41) is 0. The fourth-order valence-corrected chi connectivity index (χ4v) is 2.60. The van der Waals surface area contributed by atoms with Gasteiger partial charge in [0, 0.05) is 32.2 Å². The molecule has 100 valence electrons. The van der Waals surface area contributed by atoms with Crippen molar-refractivity contribution in [3.63, 3.8) is 0 Å². The Morgan fingerprint density at radius 3 is 2.17 bits per heavy atom.